The minimum Gasteiger partial charge on any atom is -0.501 e. The average molecular weight is 424 g/mol. The maximum absolute atomic E-state index is 12.1. The molecule has 32 heavy (non-hydrogen) atoms. The fraction of sp³-hybridized carbons (Fsp3) is 0.172. The van der Waals surface area contributed by atoms with E-state index >= 15 is 0 Å². The number of fused-ring (bicyclic) bond motifs is 1. The second-order valence-corrected chi connectivity index (χ2v) is 6.83. The van der Waals surface area contributed by atoms with Crippen molar-refractivity contribution in [1.29, 1.82) is 0 Å². The summed E-state index contributed by atoms with van der Waals surface area (Å²) in [7, 11) is 1.66. The number of aromatic nitrogens is 1. The number of allylic oxidation sites excluding steroid dienone is 4. The van der Waals surface area contributed by atoms with Crippen LogP contribution in [0.15, 0.2) is 72.5 Å². The lowest BCUT2D eigenvalue weighted by molar-refractivity contribution is 0.101. The van der Waals surface area contributed by atoms with Crippen molar-refractivity contribution in [1.82, 2.24) is 4.98 Å². The molecule has 0 saturated carbocycles. The van der Waals surface area contributed by atoms with Gasteiger partial charge in [-0.25, -0.2) is 4.98 Å². The van der Waals surface area contributed by atoms with Gasteiger partial charge in [0.05, 0.1) is 24.1 Å². The largest absolute Gasteiger partial charge is 0.501 e. The van der Waals surface area contributed by atoms with E-state index in [2.05, 4.69) is 44.2 Å². The number of para-hydroxylation sites is 1. The first kappa shape index (κ1) is 26.0. The van der Waals surface area contributed by atoms with Gasteiger partial charge in [0.1, 0.15) is 0 Å². The van der Waals surface area contributed by atoms with E-state index in [4.69, 9.17) is 9.72 Å². The fourth-order valence-electron chi connectivity index (χ4n) is 2.93. The number of carbonyl (C=O) groups is 1. The molecule has 162 valence electrons. The highest BCUT2D eigenvalue weighted by Crippen LogP contribution is 2.26. The lowest BCUT2D eigenvalue weighted by Gasteiger charge is -2.09. The lowest BCUT2D eigenvalue weighted by atomic mass is 10.00. The molecule has 1 heterocycles. The zero-order valence-corrected chi connectivity index (χ0v) is 19.3. The summed E-state index contributed by atoms with van der Waals surface area (Å²) in [6, 6.07) is 17.9. The molecule has 0 aliphatic rings. The molecule has 0 N–H and O–H groups in total. The molecular formula is C29H29NO2. The smallest absolute Gasteiger partial charge is 0.160 e. The molecule has 2 aromatic carbocycles. The minimum atomic E-state index is 0.0468. The summed E-state index contributed by atoms with van der Waals surface area (Å²) in [5.41, 5.74) is 5.61. The third-order valence-corrected chi connectivity index (χ3v) is 4.62. The topological polar surface area (TPSA) is 39.2 Å². The van der Waals surface area contributed by atoms with Crippen LogP contribution >= 0.6 is 0 Å². The predicted molar refractivity (Wildman–Crippen MR) is 136 cm³/mol. The molecule has 0 fully saturated rings. The summed E-state index contributed by atoms with van der Waals surface area (Å²) < 4.78 is 5.16. The van der Waals surface area contributed by atoms with Crippen molar-refractivity contribution in [3.05, 3.63) is 83.6 Å². The Hall–Kier alpha value is -4.08. The first-order valence-corrected chi connectivity index (χ1v) is 10.0. The number of Topliss-reactive ketones (excluding diaryl/α,β-unsaturated/α-hetero) is 1. The number of hydrogen-bond acceptors (Lipinski definition) is 3. The number of methoxy groups -OCH3 is 1. The van der Waals surface area contributed by atoms with Crippen LogP contribution in [-0.2, 0) is 4.74 Å². The van der Waals surface area contributed by atoms with Gasteiger partial charge in [0.2, 0.25) is 0 Å². The molecule has 1 aromatic heterocycles. The van der Waals surface area contributed by atoms with Gasteiger partial charge in [-0.15, -0.1) is 25.2 Å². The van der Waals surface area contributed by atoms with Crippen molar-refractivity contribution >= 4 is 22.3 Å². The van der Waals surface area contributed by atoms with Crippen LogP contribution < -0.4 is 0 Å². The maximum atomic E-state index is 12.1. The number of benzene rings is 2. The van der Waals surface area contributed by atoms with E-state index in [9.17, 15) is 4.79 Å². The van der Waals surface area contributed by atoms with Gasteiger partial charge in [-0.1, -0.05) is 48.5 Å². The van der Waals surface area contributed by atoms with Gasteiger partial charge in [0.25, 0.3) is 0 Å². The van der Waals surface area contributed by atoms with Crippen LogP contribution in [0.1, 0.15) is 43.6 Å². The van der Waals surface area contributed by atoms with Crippen LogP contribution in [0.5, 0.6) is 0 Å². The first-order chi connectivity index (χ1) is 15.4. The normalized spacial score (nSPS) is 10.7. The van der Waals surface area contributed by atoms with Crippen LogP contribution in [-0.4, -0.2) is 17.9 Å². The molecule has 3 nitrogen and oxygen atoms in total. The Morgan fingerprint density at radius 2 is 1.59 bits per heavy atom. The minimum absolute atomic E-state index is 0.0468. The lowest BCUT2D eigenvalue weighted by Crippen LogP contribution is -1.97. The molecule has 0 atom stereocenters. The van der Waals surface area contributed by atoms with Crippen molar-refractivity contribution in [2.45, 2.75) is 27.7 Å². The summed E-state index contributed by atoms with van der Waals surface area (Å²) in [5.74, 6) is 3.16. The SMILES string of the molecule is C#C.C#CC.CO/C(C)=C/C=C(\C)c1ccc(-c2cc(C(C)=O)c3ccccc3n2)cc1. The van der Waals surface area contributed by atoms with E-state index in [-0.39, 0.29) is 5.78 Å². The quantitative estimate of drug-likeness (QED) is 0.193. The highest BCUT2D eigenvalue weighted by Gasteiger charge is 2.10. The van der Waals surface area contributed by atoms with Gasteiger partial charge in [0.15, 0.2) is 5.78 Å². The molecule has 3 heteroatoms. The molecule has 0 aliphatic heterocycles. The number of hydrogen-bond donors (Lipinski definition) is 0. The highest BCUT2D eigenvalue weighted by atomic mass is 16.5. The zero-order chi connectivity index (χ0) is 24.1. The zero-order valence-electron chi connectivity index (χ0n) is 19.3. The van der Waals surface area contributed by atoms with Gasteiger partial charge >= 0.3 is 0 Å². The van der Waals surface area contributed by atoms with Crippen molar-refractivity contribution in [3.8, 4) is 36.4 Å². The number of carbonyl (C=O) groups excluding carboxylic acids is 1. The summed E-state index contributed by atoms with van der Waals surface area (Å²) in [6.07, 6.45) is 16.6. The molecule has 0 unspecified atom stereocenters. The Kier molecular flexibility index (Phi) is 10.8. The molecule has 0 amide bonds. The van der Waals surface area contributed by atoms with E-state index in [0.717, 1.165) is 39.1 Å². The van der Waals surface area contributed by atoms with E-state index in [1.54, 1.807) is 21.0 Å². The van der Waals surface area contributed by atoms with Crippen LogP contribution in [0.4, 0.5) is 0 Å². The first-order valence-electron chi connectivity index (χ1n) is 10.0. The average Bonchev–Trinajstić information content (AvgIpc) is 2.83. The number of rotatable bonds is 5. The summed E-state index contributed by atoms with van der Waals surface area (Å²) >= 11 is 0. The Morgan fingerprint density at radius 1 is 1.00 bits per heavy atom. The van der Waals surface area contributed by atoms with E-state index in [1.807, 2.05) is 61.5 Å². The second kappa shape index (κ2) is 13.3. The van der Waals surface area contributed by atoms with E-state index < -0.39 is 0 Å². The van der Waals surface area contributed by atoms with Gasteiger partial charge in [-0.2, -0.15) is 0 Å². The van der Waals surface area contributed by atoms with Crippen molar-refractivity contribution in [2.24, 2.45) is 0 Å². The summed E-state index contributed by atoms with van der Waals surface area (Å²) in [5, 5.41) is 0.893. The number of terminal acetylenes is 2. The highest BCUT2D eigenvalue weighted by molar-refractivity contribution is 6.07. The van der Waals surface area contributed by atoms with Gasteiger partial charge in [-0.05, 0) is 57.0 Å². The third kappa shape index (κ3) is 7.01. The molecule has 3 rings (SSSR count). The molecule has 0 aliphatic carbocycles. The Labute approximate surface area is 191 Å². The number of pyridine rings is 1. The van der Waals surface area contributed by atoms with Crippen LogP contribution in [0.3, 0.4) is 0 Å². The maximum Gasteiger partial charge on any atom is 0.160 e. The third-order valence-electron chi connectivity index (χ3n) is 4.62. The Balaban J connectivity index is 0.000000944. The summed E-state index contributed by atoms with van der Waals surface area (Å²) in [4.78, 5) is 16.8. The number of nitrogens with zero attached hydrogens (tertiary/aromatic N) is 1. The molecule has 3 aromatic rings. The van der Waals surface area contributed by atoms with Crippen molar-refractivity contribution in [2.75, 3.05) is 7.11 Å². The van der Waals surface area contributed by atoms with Crippen LogP contribution in [0.2, 0.25) is 0 Å². The van der Waals surface area contributed by atoms with Gasteiger partial charge < -0.3 is 4.74 Å². The molecular weight excluding hydrogens is 394 g/mol. The monoisotopic (exact) mass is 423 g/mol. The van der Waals surface area contributed by atoms with E-state index in [1.165, 1.54) is 0 Å². The standard InChI is InChI=1S/C24H23NO2.C3H4.C2H2/c1-16(9-10-17(2)27-4)19-11-13-20(14-12-19)24-15-22(18(3)26)21-7-5-6-8-23(21)25-24;1-3-2;1-2/h5-15H,1-4H3;1H,2H3;1-2H/b16-9+,17-10+;;. The van der Waals surface area contributed by atoms with E-state index in [0.29, 0.717) is 5.56 Å². The van der Waals surface area contributed by atoms with Gasteiger partial charge in [-0.3, -0.25) is 4.79 Å². The molecule has 0 bridgehead atoms. The number of ether oxygens (including phenoxy) is 1. The Bertz CT molecular complexity index is 1170. The van der Waals surface area contributed by atoms with Gasteiger partial charge in [0, 0.05) is 16.5 Å². The number of ketones is 1. The van der Waals surface area contributed by atoms with Crippen LogP contribution in [0.25, 0.3) is 27.7 Å². The Morgan fingerprint density at radius 3 is 2.16 bits per heavy atom. The summed E-state index contributed by atoms with van der Waals surface area (Å²) in [6.45, 7) is 7.24. The molecule has 0 spiro atoms. The second-order valence-electron chi connectivity index (χ2n) is 6.83. The molecule has 0 radical (unpaired) electrons. The van der Waals surface area contributed by atoms with Crippen LogP contribution in [0, 0.1) is 25.2 Å². The van der Waals surface area contributed by atoms with Crippen molar-refractivity contribution in [3.63, 3.8) is 0 Å². The van der Waals surface area contributed by atoms with Crippen molar-refractivity contribution < 1.29 is 9.53 Å². The molecule has 0 saturated heterocycles. The fourth-order valence-corrected chi connectivity index (χ4v) is 2.93. The predicted octanol–water partition coefficient (Wildman–Crippen LogP) is 6.95.